The fourth-order valence-corrected chi connectivity index (χ4v) is 4.60. The predicted molar refractivity (Wildman–Crippen MR) is 133 cm³/mol. The van der Waals surface area contributed by atoms with E-state index in [9.17, 15) is 28.3 Å². The zero-order valence-electron chi connectivity index (χ0n) is 20.4. The molecule has 0 unspecified atom stereocenters. The van der Waals surface area contributed by atoms with Gasteiger partial charge in [0, 0.05) is 29.9 Å². The van der Waals surface area contributed by atoms with E-state index in [1.54, 1.807) is 38.2 Å². The average molecular weight is 512 g/mol. The van der Waals surface area contributed by atoms with Gasteiger partial charge < -0.3 is 25.0 Å². The van der Waals surface area contributed by atoms with Crippen LogP contribution in [0, 0.1) is 11.6 Å². The summed E-state index contributed by atoms with van der Waals surface area (Å²) >= 11 is 0. The van der Waals surface area contributed by atoms with Crippen molar-refractivity contribution in [2.45, 2.75) is 38.6 Å². The second-order valence-electron chi connectivity index (χ2n) is 8.78. The van der Waals surface area contributed by atoms with Gasteiger partial charge in [-0.15, -0.1) is 0 Å². The molecule has 3 aromatic rings. The molecule has 4 rings (SSSR count). The number of urea groups is 1. The number of halogens is 2. The fraction of sp³-hybridized carbons (Fsp3) is 0.296. The molecule has 8 nitrogen and oxygen atoms in total. The van der Waals surface area contributed by atoms with Crippen molar-refractivity contribution in [3.05, 3.63) is 81.3 Å². The molecule has 1 aromatic heterocycles. The van der Waals surface area contributed by atoms with E-state index in [1.807, 2.05) is 0 Å². The van der Waals surface area contributed by atoms with Crippen molar-refractivity contribution in [2.24, 2.45) is 7.05 Å². The summed E-state index contributed by atoms with van der Waals surface area (Å²) < 4.78 is 34.2. The van der Waals surface area contributed by atoms with Crippen molar-refractivity contribution in [1.29, 1.82) is 0 Å². The first-order valence-corrected chi connectivity index (χ1v) is 11.9. The highest BCUT2D eigenvalue weighted by Crippen LogP contribution is 2.33. The van der Waals surface area contributed by atoms with Crippen LogP contribution in [0.4, 0.5) is 19.3 Å². The lowest BCUT2D eigenvalue weighted by molar-refractivity contribution is -0.143. The van der Waals surface area contributed by atoms with E-state index in [1.165, 1.54) is 10.6 Å². The third-order valence-corrected chi connectivity index (χ3v) is 6.39. The quantitative estimate of drug-likeness (QED) is 0.409. The smallest absolute Gasteiger partial charge is 0.319 e. The number of aromatic nitrogens is 1. The number of benzene rings is 2. The molecule has 2 amide bonds. The number of anilines is 1. The van der Waals surface area contributed by atoms with Crippen LogP contribution >= 0.6 is 0 Å². The van der Waals surface area contributed by atoms with E-state index in [-0.39, 0.29) is 30.0 Å². The molecule has 0 fully saturated rings. The highest BCUT2D eigenvalue weighted by Gasteiger charge is 2.26. The summed E-state index contributed by atoms with van der Waals surface area (Å²) in [6.45, 7) is 1.79. The molecule has 0 bridgehead atoms. The zero-order valence-corrected chi connectivity index (χ0v) is 20.4. The van der Waals surface area contributed by atoms with Gasteiger partial charge in [-0.1, -0.05) is 18.2 Å². The van der Waals surface area contributed by atoms with Crippen molar-refractivity contribution in [2.75, 3.05) is 11.9 Å². The molecule has 3 N–H and O–H groups in total. The van der Waals surface area contributed by atoms with Crippen LogP contribution in [0.1, 0.15) is 42.6 Å². The molecule has 1 heterocycles. The van der Waals surface area contributed by atoms with Crippen molar-refractivity contribution < 1.29 is 28.2 Å². The van der Waals surface area contributed by atoms with Gasteiger partial charge in [0.15, 0.2) is 5.69 Å². The number of carbonyl (C=O) groups is 2. The SMILES string of the molecule is CCOC(=O)C[C@H](NC(=O)Nc1c(O)c2c(n(C)c1=O)CCC2)c1cccc(-c2ccc(F)cc2F)c1. The number of rotatable bonds is 7. The van der Waals surface area contributed by atoms with Crippen LogP contribution in [0.25, 0.3) is 11.1 Å². The first-order valence-electron chi connectivity index (χ1n) is 11.9. The van der Waals surface area contributed by atoms with Gasteiger partial charge in [-0.05, 0) is 55.5 Å². The molecular weight excluding hydrogens is 484 g/mol. The standard InChI is InChI=1S/C27H27F2N3O5/c1-3-37-23(33)14-21(16-7-4-6-15(12-16)18-11-10-17(28)13-20(18)29)30-27(36)31-24-25(34)19-8-5-9-22(19)32(2)26(24)35/h4,6-7,10-13,21,34H,3,5,8-9,14H2,1-2H3,(H2,30,31,36)/t21-/m0/s1. The summed E-state index contributed by atoms with van der Waals surface area (Å²) in [7, 11) is 1.58. The van der Waals surface area contributed by atoms with E-state index in [0.717, 1.165) is 24.2 Å². The molecule has 1 aliphatic carbocycles. The number of aromatic hydroxyl groups is 1. The highest BCUT2D eigenvalue weighted by atomic mass is 19.1. The van der Waals surface area contributed by atoms with Gasteiger partial charge in [0.2, 0.25) is 0 Å². The third kappa shape index (κ3) is 5.47. The van der Waals surface area contributed by atoms with E-state index < -0.39 is 35.2 Å². The van der Waals surface area contributed by atoms with Gasteiger partial charge in [0.25, 0.3) is 5.56 Å². The number of hydrogen-bond donors (Lipinski definition) is 3. The molecule has 0 saturated heterocycles. The van der Waals surface area contributed by atoms with Crippen LogP contribution in [-0.4, -0.2) is 28.3 Å². The van der Waals surface area contributed by atoms with Crippen LogP contribution in [0.3, 0.4) is 0 Å². The Hall–Kier alpha value is -4.21. The van der Waals surface area contributed by atoms with E-state index in [4.69, 9.17) is 4.74 Å². The molecule has 2 aromatic carbocycles. The number of amides is 2. The monoisotopic (exact) mass is 511 g/mol. The number of ether oxygens (including phenoxy) is 1. The zero-order chi connectivity index (χ0) is 26.7. The van der Waals surface area contributed by atoms with E-state index in [2.05, 4.69) is 10.6 Å². The normalized spacial score (nSPS) is 13.1. The highest BCUT2D eigenvalue weighted by molar-refractivity contribution is 5.91. The maximum atomic E-state index is 14.4. The molecule has 37 heavy (non-hydrogen) atoms. The molecule has 0 aliphatic heterocycles. The summed E-state index contributed by atoms with van der Waals surface area (Å²) in [5, 5.41) is 15.7. The van der Waals surface area contributed by atoms with Crippen molar-refractivity contribution in [3.63, 3.8) is 0 Å². The Labute approximate surface area is 211 Å². The lowest BCUT2D eigenvalue weighted by atomic mass is 9.97. The van der Waals surface area contributed by atoms with Crippen LogP contribution < -0.4 is 16.2 Å². The largest absolute Gasteiger partial charge is 0.505 e. The molecule has 0 spiro atoms. The van der Waals surface area contributed by atoms with Crippen molar-refractivity contribution >= 4 is 17.7 Å². The Morgan fingerprint density at radius 3 is 2.68 bits per heavy atom. The van der Waals surface area contributed by atoms with Gasteiger partial charge in [0.05, 0.1) is 19.1 Å². The first kappa shape index (κ1) is 25.9. The Balaban J connectivity index is 1.63. The lowest BCUT2D eigenvalue weighted by Crippen LogP contribution is -2.36. The van der Waals surface area contributed by atoms with E-state index >= 15 is 0 Å². The second-order valence-corrected chi connectivity index (χ2v) is 8.78. The van der Waals surface area contributed by atoms with Gasteiger partial charge in [-0.3, -0.25) is 9.59 Å². The number of carbonyl (C=O) groups excluding carboxylic acids is 2. The van der Waals surface area contributed by atoms with Crippen LogP contribution in [0.2, 0.25) is 0 Å². The minimum absolute atomic E-state index is 0.137. The average Bonchev–Trinajstić information content (AvgIpc) is 3.36. The van der Waals surface area contributed by atoms with Crippen molar-refractivity contribution in [1.82, 2.24) is 9.88 Å². The number of pyridine rings is 1. The maximum absolute atomic E-state index is 14.4. The van der Waals surface area contributed by atoms with Crippen LogP contribution in [0.5, 0.6) is 5.75 Å². The number of nitrogens with zero attached hydrogens (tertiary/aromatic N) is 1. The number of esters is 1. The summed E-state index contributed by atoms with van der Waals surface area (Å²) in [4.78, 5) is 38.1. The minimum Gasteiger partial charge on any atom is -0.505 e. The number of hydrogen-bond acceptors (Lipinski definition) is 5. The lowest BCUT2D eigenvalue weighted by Gasteiger charge is -2.20. The topological polar surface area (TPSA) is 110 Å². The summed E-state index contributed by atoms with van der Waals surface area (Å²) in [6, 6.07) is 7.93. The minimum atomic E-state index is -0.914. The van der Waals surface area contributed by atoms with E-state index in [0.29, 0.717) is 29.5 Å². The first-order chi connectivity index (χ1) is 17.7. The molecule has 194 valence electrons. The van der Waals surface area contributed by atoms with Gasteiger partial charge >= 0.3 is 12.0 Å². The Morgan fingerprint density at radius 2 is 1.95 bits per heavy atom. The maximum Gasteiger partial charge on any atom is 0.319 e. The molecule has 0 radical (unpaired) electrons. The van der Waals surface area contributed by atoms with Crippen molar-refractivity contribution in [3.8, 4) is 16.9 Å². The van der Waals surface area contributed by atoms with Gasteiger partial charge in [0.1, 0.15) is 17.4 Å². The summed E-state index contributed by atoms with van der Waals surface area (Å²) in [6.07, 6.45) is 1.79. The molecule has 0 saturated carbocycles. The summed E-state index contributed by atoms with van der Waals surface area (Å²) in [5.74, 6) is -2.31. The second kappa shape index (κ2) is 10.8. The number of nitrogens with one attached hydrogen (secondary N) is 2. The van der Waals surface area contributed by atoms with Crippen LogP contribution in [0.15, 0.2) is 47.3 Å². The summed E-state index contributed by atoms with van der Waals surface area (Å²) in [5.41, 5.74) is 1.57. The van der Waals surface area contributed by atoms with Gasteiger partial charge in [-0.25, -0.2) is 13.6 Å². The molecule has 10 heteroatoms. The number of fused-ring (bicyclic) bond motifs is 1. The Kier molecular flexibility index (Phi) is 7.56. The molecule has 1 aliphatic rings. The van der Waals surface area contributed by atoms with Crippen LogP contribution in [-0.2, 0) is 29.4 Å². The third-order valence-electron chi connectivity index (χ3n) is 6.39. The molecule has 1 atom stereocenters. The Morgan fingerprint density at radius 1 is 1.16 bits per heavy atom. The Bertz CT molecular complexity index is 1420. The predicted octanol–water partition coefficient (Wildman–Crippen LogP) is 4.34. The fourth-order valence-electron chi connectivity index (χ4n) is 4.60. The molecular formula is C27H27F2N3O5. The van der Waals surface area contributed by atoms with Gasteiger partial charge in [-0.2, -0.15) is 0 Å².